The molecule has 2 fully saturated rings. The van der Waals surface area contributed by atoms with Gasteiger partial charge >= 0.3 is 0 Å². The minimum atomic E-state index is -3.65. The second-order valence-corrected chi connectivity index (χ2v) is 9.75. The number of sulfonamides is 1. The van der Waals surface area contributed by atoms with Crippen molar-refractivity contribution in [2.24, 2.45) is 0 Å². The number of morpholine rings is 1. The summed E-state index contributed by atoms with van der Waals surface area (Å²) in [5.41, 5.74) is 0.429. The van der Waals surface area contributed by atoms with E-state index < -0.39 is 10.0 Å². The first-order valence-corrected chi connectivity index (χ1v) is 11.3. The highest BCUT2D eigenvalue weighted by Gasteiger charge is 2.33. The van der Waals surface area contributed by atoms with Crippen molar-refractivity contribution >= 4 is 15.9 Å². The van der Waals surface area contributed by atoms with E-state index in [2.05, 4.69) is 0 Å². The maximum absolute atomic E-state index is 13.1. The van der Waals surface area contributed by atoms with Crippen LogP contribution in [0.1, 0.15) is 56.3 Å². The van der Waals surface area contributed by atoms with Crippen molar-refractivity contribution in [3.63, 3.8) is 0 Å². The van der Waals surface area contributed by atoms with Crippen LogP contribution in [0.4, 0.5) is 0 Å². The lowest BCUT2D eigenvalue weighted by atomic mass is 9.94. The fourth-order valence-corrected chi connectivity index (χ4v) is 5.74. The fraction of sp³-hybridized carbons (Fsp3) is 0.650. The van der Waals surface area contributed by atoms with Crippen LogP contribution in [0.3, 0.4) is 0 Å². The third-order valence-corrected chi connectivity index (χ3v) is 7.38. The van der Waals surface area contributed by atoms with E-state index in [-0.39, 0.29) is 29.1 Å². The Balaban J connectivity index is 1.81. The molecule has 0 N–H and O–H groups in total. The number of hydrogen-bond acceptors (Lipinski definition) is 4. The molecule has 1 saturated heterocycles. The lowest BCUT2D eigenvalue weighted by Gasteiger charge is -2.34. The van der Waals surface area contributed by atoms with Crippen LogP contribution >= 0.6 is 0 Å². The minimum absolute atomic E-state index is 0.109. The van der Waals surface area contributed by atoms with Crippen LogP contribution in [0.5, 0.6) is 0 Å². The number of rotatable bonds is 4. The van der Waals surface area contributed by atoms with Gasteiger partial charge in [0, 0.05) is 31.7 Å². The van der Waals surface area contributed by atoms with Gasteiger partial charge in [0.2, 0.25) is 10.0 Å². The van der Waals surface area contributed by atoms with E-state index in [1.165, 1.54) is 16.8 Å². The highest BCUT2D eigenvalue weighted by molar-refractivity contribution is 7.89. The number of hydrogen-bond donors (Lipinski definition) is 0. The molecular formula is C20H30N2O4S. The first-order valence-electron chi connectivity index (χ1n) is 9.82. The van der Waals surface area contributed by atoms with Gasteiger partial charge in [0.25, 0.3) is 5.91 Å². The third-order valence-electron chi connectivity index (χ3n) is 5.55. The van der Waals surface area contributed by atoms with Crippen molar-refractivity contribution in [1.82, 2.24) is 9.21 Å². The molecule has 0 spiro atoms. The molecule has 0 aromatic heterocycles. The Labute approximate surface area is 162 Å². The first kappa shape index (κ1) is 20.3. The van der Waals surface area contributed by atoms with E-state index in [1.807, 2.05) is 20.9 Å². The number of carbonyl (C=O) groups is 1. The lowest BCUT2D eigenvalue weighted by molar-refractivity contribution is -0.0440. The molecule has 150 valence electrons. The van der Waals surface area contributed by atoms with Crippen molar-refractivity contribution in [3.8, 4) is 0 Å². The van der Waals surface area contributed by atoms with Gasteiger partial charge < -0.3 is 9.64 Å². The number of benzene rings is 1. The summed E-state index contributed by atoms with van der Waals surface area (Å²) in [5, 5.41) is 0. The molecule has 1 amide bonds. The zero-order valence-corrected chi connectivity index (χ0v) is 17.2. The first-order chi connectivity index (χ1) is 12.8. The van der Waals surface area contributed by atoms with Crippen molar-refractivity contribution in [2.45, 2.75) is 69.1 Å². The number of ether oxygens (including phenoxy) is 1. The van der Waals surface area contributed by atoms with Crippen molar-refractivity contribution in [3.05, 3.63) is 29.8 Å². The molecule has 3 rings (SSSR count). The summed E-state index contributed by atoms with van der Waals surface area (Å²) in [6, 6.07) is 6.68. The molecule has 1 aliphatic carbocycles. The van der Waals surface area contributed by atoms with Crippen molar-refractivity contribution in [1.29, 1.82) is 0 Å². The number of carbonyl (C=O) groups excluding carboxylic acids is 1. The summed E-state index contributed by atoms with van der Waals surface area (Å²) < 4.78 is 33.2. The van der Waals surface area contributed by atoms with Gasteiger partial charge in [-0.15, -0.1) is 0 Å². The van der Waals surface area contributed by atoms with E-state index in [0.29, 0.717) is 18.7 Å². The largest absolute Gasteiger partial charge is 0.373 e. The molecule has 6 nitrogen and oxygen atoms in total. The van der Waals surface area contributed by atoms with Crippen LogP contribution in [-0.2, 0) is 14.8 Å². The molecule has 0 radical (unpaired) electrons. The Kier molecular flexibility index (Phi) is 6.23. The maximum atomic E-state index is 13.1. The molecule has 1 aromatic rings. The molecule has 0 unspecified atom stereocenters. The molecule has 1 saturated carbocycles. The normalized spacial score (nSPS) is 25.3. The fourth-order valence-electron chi connectivity index (χ4n) is 4.10. The zero-order valence-electron chi connectivity index (χ0n) is 16.4. The molecule has 1 heterocycles. The van der Waals surface area contributed by atoms with Gasteiger partial charge in [0.1, 0.15) is 0 Å². The van der Waals surface area contributed by atoms with Crippen LogP contribution in [0.2, 0.25) is 0 Å². The maximum Gasteiger partial charge on any atom is 0.253 e. The molecule has 2 aliphatic rings. The SMILES string of the molecule is C[C@H]1CN(S(=O)(=O)c2cccc(C(=O)N(C)C3CCCCC3)c2)C[C@H](C)O1. The summed E-state index contributed by atoms with van der Waals surface area (Å²) in [6.07, 6.45) is 5.25. The van der Waals surface area contributed by atoms with Gasteiger partial charge in [-0.2, -0.15) is 4.31 Å². The van der Waals surface area contributed by atoms with Gasteiger partial charge in [-0.3, -0.25) is 4.79 Å². The Morgan fingerprint density at radius 1 is 1.11 bits per heavy atom. The smallest absolute Gasteiger partial charge is 0.253 e. The summed E-state index contributed by atoms with van der Waals surface area (Å²) in [6.45, 7) is 4.40. The van der Waals surface area contributed by atoms with Crippen LogP contribution < -0.4 is 0 Å². The van der Waals surface area contributed by atoms with Crippen LogP contribution in [0, 0.1) is 0 Å². The Hall–Kier alpha value is -1.44. The summed E-state index contributed by atoms with van der Waals surface area (Å²) in [5.74, 6) is -0.109. The zero-order chi connectivity index (χ0) is 19.6. The Morgan fingerprint density at radius 2 is 1.74 bits per heavy atom. The van der Waals surface area contributed by atoms with Gasteiger partial charge in [0.05, 0.1) is 17.1 Å². The van der Waals surface area contributed by atoms with Crippen LogP contribution in [0.25, 0.3) is 0 Å². The van der Waals surface area contributed by atoms with Crippen molar-refractivity contribution < 1.29 is 17.9 Å². The topological polar surface area (TPSA) is 66.9 Å². The molecule has 27 heavy (non-hydrogen) atoms. The van der Waals surface area contributed by atoms with Gasteiger partial charge in [0.15, 0.2) is 0 Å². The Morgan fingerprint density at radius 3 is 2.37 bits per heavy atom. The van der Waals surface area contributed by atoms with E-state index in [0.717, 1.165) is 25.7 Å². The quantitative estimate of drug-likeness (QED) is 0.788. The average molecular weight is 395 g/mol. The summed E-state index contributed by atoms with van der Waals surface area (Å²) in [4.78, 5) is 14.9. The molecule has 1 aliphatic heterocycles. The van der Waals surface area contributed by atoms with Crippen LogP contribution in [0.15, 0.2) is 29.2 Å². The predicted molar refractivity (Wildman–Crippen MR) is 104 cm³/mol. The predicted octanol–water partition coefficient (Wildman–Crippen LogP) is 2.89. The van der Waals surface area contributed by atoms with E-state index >= 15 is 0 Å². The van der Waals surface area contributed by atoms with E-state index in [9.17, 15) is 13.2 Å². The highest BCUT2D eigenvalue weighted by Crippen LogP contribution is 2.25. The molecule has 2 atom stereocenters. The van der Waals surface area contributed by atoms with E-state index in [4.69, 9.17) is 4.74 Å². The summed E-state index contributed by atoms with van der Waals surface area (Å²) >= 11 is 0. The number of nitrogens with zero attached hydrogens (tertiary/aromatic N) is 2. The molecular weight excluding hydrogens is 364 g/mol. The lowest BCUT2D eigenvalue weighted by Crippen LogP contribution is -2.48. The third kappa shape index (κ3) is 4.52. The summed E-state index contributed by atoms with van der Waals surface area (Å²) in [7, 11) is -1.83. The van der Waals surface area contributed by atoms with Gasteiger partial charge in [-0.25, -0.2) is 8.42 Å². The average Bonchev–Trinajstić information content (AvgIpc) is 2.67. The number of amides is 1. The van der Waals surface area contributed by atoms with Crippen LogP contribution in [-0.4, -0.2) is 61.9 Å². The second kappa shape index (κ2) is 8.29. The van der Waals surface area contributed by atoms with E-state index in [1.54, 1.807) is 23.1 Å². The molecule has 1 aromatic carbocycles. The monoisotopic (exact) mass is 394 g/mol. The highest BCUT2D eigenvalue weighted by atomic mass is 32.2. The second-order valence-electron chi connectivity index (χ2n) is 7.82. The Bertz CT molecular complexity index is 764. The molecule has 0 bridgehead atoms. The minimum Gasteiger partial charge on any atom is -0.373 e. The van der Waals surface area contributed by atoms with Gasteiger partial charge in [-0.05, 0) is 44.9 Å². The molecule has 7 heteroatoms. The standard InChI is InChI=1S/C20H30N2O4S/c1-15-13-22(14-16(2)26-15)27(24,25)19-11-7-8-17(12-19)20(23)21(3)18-9-5-4-6-10-18/h7-8,11-12,15-16,18H,4-6,9-10,13-14H2,1-3H3/t15-,16-/m0/s1. The van der Waals surface area contributed by atoms with Gasteiger partial charge in [-0.1, -0.05) is 25.3 Å². The van der Waals surface area contributed by atoms with Crippen molar-refractivity contribution in [2.75, 3.05) is 20.1 Å².